The molecule has 10 heteroatoms. The third-order valence-corrected chi connectivity index (χ3v) is 6.07. The van der Waals surface area contributed by atoms with Crippen LogP contribution in [-0.4, -0.2) is 64.2 Å². The summed E-state index contributed by atoms with van der Waals surface area (Å²) in [6, 6.07) is 5.92. The summed E-state index contributed by atoms with van der Waals surface area (Å²) >= 11 is 0. The Kier molecular flexibility index (Phi) is 5.22. The SMILES string of the molecule is NC(=O)c1cnn2ccc(N3CCCC3c3cc(F)ccc3C(=O)N3CCOCC3)nc12. The number of hydrogen-bond acceptors (Lipinski definition) is 6. The molecule has 1 atom stereocenters. The summed E-state index contributed by atoms with van der Waals surface area (Å²) in [5.74, 6) is -0.492. The molecule has 2 N–H and O–H groups in total. The van der Waals surface area contributed by atoms with Gasteiger partial charge in [-0.05, 0) is 42.7 Å². The van der Waals surface area contributed by atoms with E-state index in [1.807, 2.05) is 4.90 Å². The molecule has 2 aliphatic rings. The van der Waals surface area contributed by atoms with E-state index in [-0.39, 0.29) is 23.3 Å². The van der Waals surface area contributed by atoms with Crippen LogP contribution in [0.15, 0.2) is 36.7 Å². The highest BCUT2D eigenvalue weighted by atomic mass is 19.1. The van der Waals surface area contributed by atoms with Crippen LogP contribution >= 0.6 is 0 Å². The highest BCUT2D eigenvalue weighted by molar-refractivity contribution is 5.98. The van der Waals surface area contributed by atoms with Gasteiger partial charge in [-0.1, -0.05) is 0 Å². The first-order chi connectivity index (χ1) is 15.5. The largest absolute Gasteiger partial charge is 0.378 e. The molecule has 32 heavy (non-hydrogen) atoms. The van der Waals surface area contributed by atoms with E-state index in [4.69, 9.17) is 10.5 Å². The first kappa shape index (κ1) is 20.4. The van der Waals surface area contributed by atoms with Crippen LogP contribution in [0.25, 0.3) is 5.65 Å². The Morgan fingerprint density at radius 2 is 1.94 bits per heavy atom. The van der Waals surface area contributed by atoms with E-state index >= 15 is 0 Å². The quantitative estimate of drug-likeness (QED) is 0.666. The number of morpholine rings is 1. The van der Waals surface area contributed by atoms with Gasteiger partial charge in [-0.3, -0.25) is 9.59 Å². The molecule has 2 saturated heterocycles. The van der Waals surface area contributed by atoms with Crippen molar-refractivity contribution < 1.29 is 18.7 Å². The maximum absolute atomic E-state index is 14.3. The van der Waals surface area contributed by atoms with Crippen LogP contribution in [0, 0.1) is 5.82 Å². The molecule has 1 aromatic carbocycles. The fraction of sp³-hybridized carbons (Fsp3) is 0.364. The number of hydrogen-bond donors (Lipinski definition) is 1. The van der Waals surface area contributed by atoms with Crippen LogP contribution in [0.3, 0.4) is 0 Å². The third kappa shape index (κ3) is 3.56. The number of anilines is 1. The van der Waals surface area contributed by atoms with Crippen LogP contribution in [-0.2, 0) is 4.74 Å². The Bertz CT molecular complexity index is 1190. The molecule has 0 aliphatic carbocycles. The van der Waals surface area contributed by atoms with Crippen molar-refractivity contribution in [3.8, 4) is 0 Å². The number of halogens is 1. The number of rotatable bonds is 4. The van der Waals surface area contributed by atoms with Crippen molar-refractivity contribution >= 4 is 23.3 Å². The Hall–Kier alpha value is -3.53. The summed E-state index contributed by atoms with van der Waals surface area (Å²) in [4.78, 5) is 33.4. The highest BCUT2D eigenvalue weighted by Crippen LogP contribution is 2.37. The second-order valence-corrected chi connectivity index (χ2v) is 7.96. The molecule has 1 unspecified atom stereocenters. The molecule has 0 bridgehead atoms. The Morgan fingerprint density at radius 3 is 2.72 bits per heavy atom. The molecule has 166 valence electrons. The van der Waals surface area contributed by atoms with Gasteiger partial charge in [-0.2, -0.15) is 5.10 Å². The summed E-state index contributed by atoms with van der Waals surface area (Å²) < 4.78 is 21.1. The number of ether oxygens (including phenoxy) is 1. The van der Waals surface area contributed by atoms with Gasteiger partial charge < -0.3 is 20.3 Å². The number of carbonyl (C=O) groups is 2. The van der Waals surface area contributed by atoms with Crippen LogP contribution in [0.1, 0.15) is 45.2 Å². The summed E-state index contributed by atoms with van der Waals surface area (Å²) in [6.45, 7) is 2.71. The fourth-order valence-electron chi connectivity index (χ4n) is 4.50. The van der Waals surface area contributed by atoms with Crippen molar-refractivity contribution in [1.82, 2.24) is 19.5 Å². The van der Waals surface area contributed by atoms with Crippen molar-refractivity contribution in [2.75, 3.05) is 37.7 Å². The number of fused-ring (bicyclic) bond motifs is 1. The number of primary amides is 1. The van der Waals surface area contributed by atoms with E-state index in [0.29, 0.717) is 55.4 Å². The number of amides is 2. The maximum atomic E-state index is 14.3. The fourth-order valence-corrected chi connectivity index (χ4v) is 4.50. The minimum atomic E-state index is -0.605. The van der Waals surface area contributed by atoms with Crippen molar-refractivity contribution in [2.24, 2.45) is 5.73 Å². The zero-order valence-corrected chi connectivity index (χ0v) is 17.4. The average Bonchev–Trinajstić information content (AvgIpc) is 3.46. The molecule has 0 radical (unpaired) electrons. The Morgan fingerprint density at radius 1 is 1.12 bits per heavy atom. The van der Waals surface area contributed by atoms with Gasteiger partial charge in [0.1, 0.15) is 17.2 Å². The molecule has 2 fully saturated rings. The lowest BCUT2D eigenvalue weighted by molar-refractivity contribution is 0.0302. The van der Waals surface area contributed by atoms with E-state index in [1.165, 1.54) is 22.8 Å². The lowest BCUT2D eigenvalue weighted by atomic mass is 9.97. The summed E-state index contributed by atoms with van der Waals surface area (Å²) in [6.07, 6.45) is 4.72. The molecular weight excluding hydrogens is 415 g/mol. The summed E-state index contributed by atoms with van der Waals surface area (Å²) in [5, 5.41) is 4.11. The number of nitrogens with two attached hydrogens (primary N) is 1. The number of benzene rings is 1. The van der Waals surface area contributed by atoms with Crippen molar-refractivity contribution in [3.05, 3.63) is 59.2 Å². The molecule has 3 aromatic rings. The average molecular weight is 438 g/mol. The van der Waals surface area contributed by atoms with Gasteiger partial charge in [0.05, 0.1) is 25.5 Å². The van der Waals surface area contributed by atoms with Crippen LogP contribution < -0.4 is 10.6 Å². The molecule has 9 nitrogen and oxygen atoms in total. The predicted octanol–water partition coefficient (Wildman–Crippen LogP) is 1.78. The number of aromatic nitrogens is 3. The van der Waals surface area contributed by atoms with Crippen LogP contribution in [0.5, 0.6) is 0 Å². The van der Waals surface area contributed by atoms with E-state index in [9.17, 15) is 14.0 Å². The molecule has 2 aromatic heterocycles. The zero-order valence-electron chi connectivity index (χ0n) is 17.4. The minimum Gasteiger partial charge on any atom is -0.378 e. The second-order valence-electron chi connectivity index (χ2n) is 7.96. The van der Waals surface area contributed by atoms with Gasteiger partial charge in [-0.15, -0.1) is 0 Å². The first-order valence-electron chi connectivity index (χ1n) is 10.6. The van der Waals surface area contributed by atoms with Crippen LogP contribution in [0.4, 0.5) is 10.2 Å². The number of carbonyl (C=O) groups excluding carboxylic acids is 2. The molecule has 0 saturated carbocycles. The highest BCUT2D eigenvalue weighted by Gasteiger charge is 2.32. The smallest absolute Gasteiger partial charge is 0.254 e. The zero-order chi connectivity index (χ0) is 22.2. The van der Waals surface area contributed by atoms with Crippen LogP contribution in [0.2, 0.25) is 0 Å². The second kappa shape index (κ2) is 8.19. The first-order valence-corrected chi connectivity index (χ1v) is 10.6. The number of nitrogens with zero attached hydrogens (tertiary/aromatic N) is 5. The Labute approximate surface area is 183 Å². The standard InChI is InChI=1S/C22H23FN6O3/c23-14-3-4-15(22(31)27-8-10-32-11-9-27)16(12-14)18-2-1-6-28(18)19-5-7-29-21(26-19)17(13-25-29)20(24)30/h3-5,7,12-13,18H,1-2,6,8-11H2,(H2,24,30). The molecular formula is C22H23FN6O3. The van der Waals surface area contributed by atoms with Gasteiger partial charge in [0.25, 0.3) is 11.8 Å². The topological polar surface area (TPSA) is 106 Å². The Balaban J connectivity index is 1.53. The monoisotopic (exact) mass is 438 g/mol. The summed E-state index contributed by atoms with van der Waals surface area (Å²) in [7, 11) is 0. The van der Waals surface area contributed by atoms with E-state index in [2.05, 4.69) is 10.1 Å². The molecule has 0 spiro atoms. The van der Waals surface area contributed by atoms with E-state index in [0.717, 1.165) is 12.8 Å². The maximum Gasteiger partial charge on any atom is 0.254 e. The lowest BCUT2D eigenvalue weighted by Crippen LogP contribution is -2.41. The minimum absolute atomic E-state index is 0.120. The van der Waals surface area contributed by atoms with Gasteiger partial charge in [0.2, 0.25) is 0 Å². The van der Waals surface area contributed by atoms with Gasteiger partial charge in [-0.25, -0.2) is 13.9 Å². The van der Waals surface area contributed by atoms with Crippen molar-refractivity contribution in [3.63, 3.8) is 0 Å². The van der Waals surface area contributed by atoms with Gasteiger partial charge in [0, 0.05) is 31.4 Å². The molecule has 2 aliphatic heterocycles. The molecule has 2 amide bonds. The van der Waals surface area contributed by atoms with E-state index < -0.39 is 5.91 Å². The summed E-state index contributed by atoms with van der Waals surface area (Å²) in [5.41, 5.74) is 7.18. The van der Waals surface area contributed by atoms with Gasteiger partial charge >= 0.3 is 0 Å². The van der Waals surface area contributed by atoms with Crippen molar-refractivity contribution in [1.29, 1.82) is 0 Å². The normalized spacial score (nSPS) is 19.0. The van der Waals surface area contributed by atoms with E-state index in [1.54, 1.807) is 23.2 Å². The molecule has 5 rings (SSSR count). The lowest BCUT2D eigenvalue weighted by Gasteiger charge is -2.31. The van der Waals surface area contributed by atoms with Gasteiger partial charge in [0.15, 0.2) is 5.65 Å². The van der Waals surface area contributed by atoms with Crippen molar-refractivity contribution in [2.45, 2.75) is 18.9 Å². The third-order valence-electron chi connectivity index (χ3n) is 6.07. The predicted molar refractivity (Wildman–Crippen MR) is 114 cm³/mol. The molecule has 4 heterocycles.